The van der Waals surface area contributed by atoms with Crippen LogP contribution in [0.4, 0.5) is 0 Å². The molecule has 3 saturated carbocycles. The van der Waals surface area contributed by atoms with Gasteiger partial charge in [0.05, 0.1) is 37.2 Å². The molecule has 2 heterocycles. The van der Waals surface area contributed by atoms with Crippen LogP contribution < -0.4 is 24.2 Å². The highest BCUT2D eigenvalue weighted by molar-refractivity contribution is 7.78. The molecule has 248 valence electrons. The van der Waals surface area contributed by atoms with Crippen LogP contribution in [0.25, 0.3) is 10.9 Å². The highest BCUT2D eigenvalue weighted by atomic mass is 32.2. The maximum Gasteiger partial charge on any atom is 0.264 e. The Morgan fingerprint density at radius 3 is 2.72 bits per heavy atom. The minimum Gasteiger partial charge on any atom is -0.497 e. The fourth-order valence-corrected chi connectivity index (χ4v) is 7.29. The lowest BCUT2D eigenvalue weighted by Gasteiger charge is -2.26. The number of hydrogen-bond donors (Lipinski definition) is 2. The first-order chi connectivity index (χ1) is 22.2. The minimum atomic E-state index is -2.00. The van der Waals surface area contributed by atoms with Crippen LogP contribution in [0.5, 0.6) is 17.4 Å². The molecule has 6 rings (SSSR count). The quantitative estimate of drug-likeness (QED) is 0.389. The average molecular weight is 655 g/mol. The second kappa shape index (κ2) is 13.6. The van der Waals surface area contributed by atoms with E-state index in [1.807, 2.05) is 31.2 Å². The van der Waals surface area contributed by atoms with Gasteiger partial charge >= 0.3 is 0 Å². The highest BCUT2D eigenvalue weighted by Crippen LogP contribution is 2.47. The first-order valence-electron chi connectivity index (χ1n) is 16.1. The van der Waals surface area contributed by atoms with Gasteiger partial charge in [0.2, 0.25) is 17.7 Å². The number of pyridine rings is 1. The molecule has 2 N–H and O–H groups in total. The highest BCUT2D eigenvalue weighted by Gasteiger charge is 2.61. The molecule has 13 heteroatoms. The Morgan fingerprint density at radius 1 is 1.15 bits per heavy atom. The summed E-state index contributed by atoms with van der Waals surface area (Å²) in [6.45, 7) is 2.87. The van der Waals surface area contributed by atoms with Crippen LogP contribution in [0.15, 0.2) is 36.4 Å². The van der Waals surface area contributed by atoms with E-state index in [0.29, 0.717) is 48.9 Å². The second-order valence-electron chi connectivity index (χ2n) is 12.6. The maximum absolute atomic E-state index is 14.1. The largest absolute Gasteiger partial charge is 0.497 e. The molecule has 3 amide bonds. The molecular formula is C33H42N4O8S. The third-order valence-corrected chi connectivity index (χ3v) is 10.1. The monoisotopic (exact) mass is 654 g/mol. The van der Waals surface area contributed by atoms with E-state index in [0.717, 1.165) is 37.5 Å². The van der Waals surface area contributed by atoms with E-state index in [9.17, 15) is 18.6 Å². The van der Waals surface area contributed by atoms with E-state index >= 15 is 0 Å². The smallest absolute Gasteiger partial charge is 0.264 e. The SMILES string of the molecule is CCOc1cc(O[C@@H]2C[C@H]3C(=O)N[C@]4(C(=O)NS(=O)OC5CC5)C[C@H]4/C=C\CCCCN(C)C(=O)[C@@H]3C2)c2ccc(OC)cc2n1. The van der Waals surface area contributed by atoms with E-state index < -0.39 is 46.6 Å². The van der Waals surface area contributed by atoms with Crippen molar-refractivity contribution in [3.05, 3.63) is 36.4 Å². The topological polar surface area (TPSA) is 145 Å². The predicted molar refractivity (Wildman–Crippen MR) is 170 cm³/mol. The van der Waals surface area contributed by atoms with Crippen molar-refractivity contribution in [3.63, 3.8) is 0 Å². The summed E-state index contributed by atoms with van der Waals surface area (Å²) < 4.78 is 37.9. The summed E-state index contributed by atoms with van der Waals surface area (Å²) >= 11 is -2.00. The lowest BCUT2D eigenvalue weighted by molar-refractivity contribution is -0.140. The standard InChI is InChI=1S/C33H42N4O8S/c1-4-43-29-18-28(24-13-12-22(42-3)17-27(24)34-29)44-23-15-25-26(16-23)31(39)37(2)14-8-6-5-7-9-20-19-33(20,35-30(25)38)32(40)36-46(41)45-21-10-11-21/h7,9,12-13,17-18,20-21,23,25-26H,4-6,8,10-11,14-16,19H2,1-3H3,(H,35,38)(H,36,40)/b9-7-/t20-,23-,25-,26-,33-,46?/m1/s1. The fraction of sp³-hybridized carbons (Fsp3) is 0.576. The van der Waals surface area contributed by atoms with Crippen molar-refractivity contribution in [3.8, 4) is 17.4 Å². The number of nitrogens with one attached hydrogen (secondary N) is 2. The van der Waals surface area contributed by atoms with Crippen molar-refractivity contribution in [2.75, 3.05) is 27.3 Å². The summed E-state index contributed by atoms with van der Waals surface area (Å²) in [6, 6.07) is 7.22. The van der Waals surface area contributed by atoms with Crippen LogP contribution in [0.1, 0.15) is 58.3 Å². The third kappa shape index (κ3) is 7.00. The Morgan fingerprint density at radius 2 is 1.96 bits per heavy atom. The first kappa shape index (κ1) is 32.2. The average Bonchev–Trinajstić information content (AvgIpc) is 3.94. The molecule has 0 spiro atoms. The van der Waals surface area contributed by atoms with Crippen molar-refractivity contribution in [1.82, 2.24) is 19.9 Å². The molecule has 1 aromatic carbocycles. The molecule has 6 atom stereocenters. The van der Waals surface area contributed by atoms with Crippen molar-refractivity contribution in [1.29, 1.82) is 0 Å². The van der Waals surface area contributed by atoms with Gasteiger partial charge in [-0.1, -0.05) is 12.2 Å². The van der Waals surface area contributed by atoms with Gasteiger partial charge in [0, 0.05) is 37.0 Å². The van der Waals surface area contributed by atoms with Gasteiger partial charge in [0.1, 0.15) is 23.1 Å². The van der Waals surface area contributed by atoms with Gasteiger partial charge in [0.25, 0.3) is 17.2 Å². The number of benzene rings is 1. The summed E-state index contributed by atoms with van der Waals surface area (Å²) in [5.41, 5.74) is -0.625. The van der Waals surface area contributed by atoms with Gasteiger partial charge in [-0.25, -0.2) is 13.9 Å². The summed E-state index contributed by atoms with van der Waals surface area (Å²) in [4.78, 5) is 47.6. The van der Waals surface area contributed by atoms with Gasteiger partial charge < -0.3 is 24.4 Å². The Labute approximate surface area is 271 Å². The molecule has 2 aromatic rings. The second-order valence-corrected chi connectivity index (χ2v) is 13.5. The third-order valence-electron chi connectivity index (χ3n) is 9.26. The Bertz CT molecular complexity index is 1550. The van der Waals surface area contributed by atoms with Crippen LogP contribution in [0.2, 0.25) is 0 Å². The van der Waals surface area contributed by atoms with Crippen molar-refractivity contribution in [2.45, 2.75) is 76.0 Å². The normalized spacial score (nSPS) is 29.5. The van der Waals surface area contributed by atoms with Crippen LogP contribution in [0.3, 0.4) is 0 Å². The van der Waals surface area contributed by atoms with Crippen molar-refractivity contribution < 1.29 is 37.0 Å². The number of carbonyl (C=O) groups is 3. The van der Waals surface area contributed by atoms with Gasteiger partial charge in [0.15, 0.2) is 0 Å². The molecule has 1 aliphatic heterocycles. The van der Waals surface area contributed by atoms with Crippen molar-refractivity contribution in [2.24, 2.45) is 17.8 Å². The first-order valence-corrected chi connectivity index (χ1v) is 17.2. The van der Waals surface area contributed by atoms with Crippen molar-refractivity contribution >= 4 is 39.9 Å². The van der Waals surface area contributed by atoms with Gasteiger partial charge in [-0.2, -0.15) is 0 Å². The number of nitrogens with zero attached hydrogens (tertiary/aromatic N) is 2. The Balaban J connectivity index is 1.26. The number of ether oxygens (including phenoxy) is 3. The van der Waals surface area contributed by atoms with E-state index in [1.165, 1.54) is 0 Å². The minimum absolute atomic E-state index is 0.115. The van der Waals surface area contributed by atoms with Crippen LogP contribution in [-0.4, -0.2) is 76.9 Å². The molecule has 0 radical (unpaired) electrons. The van der Waals surface area contributed by atoms with Gasteiger partial charge in [-0.3, -0.25) is 18.6 Å². The van der Waals surface area contributed by atoms with E-state index in [1.54, 1.807) is 31.2 Å². The molecular weight excluding hydrogens is 612 g/mol. The molecule has 0 saturated heterocycles. The summed E-state index contributed by atoms with van der Waals surface area (Å²) in [6.07, 6.45) is 8.47. The van der Waals surface area contributed by atoms with E-state index in [2.05, 4.69) is 15.0 Å². The van der Waals surface area contributed by atoms with Crippen LogP contribution in [-0.2, 0) is 29.8 Å². The Kier molecular flexibility index (Phi) is 9.51. The molecule has 1 unspecified atom stereocenters. The summed E-state index contributed by atoms with van der Waals surface area (Å²) in [7, 11) is 3.36. The number of carbonyl (C=O) groups excluding carboxylic acids is 3. The molecule has 0 bridgehead atoms. The van der Waals surface area contributed by atoms with Gasteiger partial charge in [-0.15, -0.1) is 0 Å². The molecule has 46 heavy (non-hydrogen) atoms. The lowest BCUT2D eigenvalue weighted by Crippen LogP contribution is -2.53. The van der Waals surface area contributed by atoms with Crippen LogP contribution in [0, 0.1) is 17.8 Å². The number of fused-ring (bicyclic) bond motifs is 3. The molecule has 1 aromatic heterocycles. The molecule has 3 aliphatic carbocycles. The number of hydrogen-bond acceptors (Lipinski definition) is 9. The van der Waals surface area contributed by atoms with E-state index in [-0.39, 0.29) is 24.3 Å². The lowest BCUT2D eigenvalue weighted by atomic mass is 9.93. The number of rotatable bonds is 9. The summed E-state index contributed by atoms with van der Waals surface area (Å²) in [5, 5.41) is 3.74. The Hall–Kier alpha value is -3.71. The van der Waals surface area contributed by atoms with Gasteiger partial charge in [-0.05, 0) is 70.4 Å². The molecule has 4 aliphatic rings. The van der Waals surface area contributed by atoms with Crippen LogP contribution >= 0.6 is 0 Å². The van der Waals surface area contributed by atoms with E-state index in [4.69, 9.17) is 18.4 Å². The maximum atomic E-state index is 14.1. The molecule has 3 fully saturated rings. The number of allylic oxidation sites excluding steroid dienone is 1. The summed E-state index contributed by atoms with van der Waals surface area (Å²) in [5.74, 6) is -1.11. The number of amides is 3. The zero-order valence-electron chi connectivity index (χ0n) is 26.5. The fourth-order valence-electron chi connectivity index (χ4n) is 6.47. The number of methoxy groups -OCH3 is 1. The predicted octanol–water partition coefficient (Wildman–Crippen LogP) is 3.36. The molecule has 12 nitrogen and oxygen atoms in total. The zero-order chi connectivity index (χ0) is 32.4. The number of aromatic nitrogens is 1. The zero-order valence-corrected chi connectivity index (χ0v) is 27.3.